The summed E-state index contributed by atoms with van der Waals surface area (Å²) < 4.78 is 46.6. The zero-order valence-corrected chi connectivity index (χ0v) is 12.8. The van der Waals surface area contributed by atoms with Crippen LogP contribution in [0.2, 0.25) is 0 Å². The second kappa shape index (κ2) is 8.40. The van der Waals surface area contributed by atoms with Crippen molar-refractivity contribution in [2.45, 2.75) is 31.5 Å². The van der Waals surface area contributed by atoms with Crippen molar-refractivity contribution in [1.29, 1.82) is 0 Å². The normalized spacial score (nSPS) is 12.4. The number of carbonyl (C=O) groups excluding carboxylic acids is 2. The van der Waals surface area contributed by atoms with Gasteiger partial charge in [0.15, 0.2) is 0 Å². The predicted molar refractivity (Wildman–Crippen MR) is 75.9 cm³/mol. The van der Waals surface area contributed by atoms with E-state index in [9.17, 15) is 22.8 Å². The van der Waals surface area contributed by atoms with Gasteiger partial charge in [-0.1, -0.05) is 12.1 Å². The highest BCUT2D eigenvalue weighted by Crippen LogP contribution is 2.18. The standard InChI is InChI=1S/C15H18F3NO4/c1-22-12-6-3-10(4-7-12)9-11(5-8-13(20)23-2)19-14(21)15(16,17)18/h3-4,6-7,11H,5,8-9H2,1-2H3,(H,19,21)/t11-/m0/s1. The maximum absolute atomic E-state index is 12.4. The van der Waals surface area contributed by atoms with Gasteiger partial charge in [0.05, 0.1) is 14.2 Å². The highest BCUT2D eigenvalue weighted by Gasteiger charge is 2.39. The van der Waals surface area contributed by atoms with E-state index < -0.39 is 24.1 Å². The van der Waals surface area contributed by atoms with Gasteiger partial charge in [-0.2, -0.15) is 13.2 Å². The number of methoxy groups -OCH3 is 2. The summed E-state index contributed by atoms with van der Waals surface area (Å²) in [4.78, 5) is 22.3. The van der Waals surface area contributed by atoms with Crippen molar-refractivity contribution in [3.05, 3.63) is 29.8 Å². The Bertz CT molecular complexity index is 529. The molecule has 1 rings (SSSR count). The van der Waals surface area contributed by atoms with Crippen LogP contribution in [0.5, 0.6) is 5.75 Å². The SMILES string of the molecule is COC(=O)CC[C@@H](Cc1ccc(OC)cc1)NC(=O)C(F)(F)F. The topological polar surface area (TPSA) is 64.6 Å². The van der Waals surface area contributed by atoms with Gasteiger partial charge in [-0.3, -0.25) is 9.59 Å². The number of amides is 1. The number of nitrogens with one attached hydrogen (secondary N) is 1. The Morgan fingerprint density at radius 1 is 1.17 bits per heavy atom. The highest BCUT2D eigenvalue weighted by atomic mass is 19.4. The first kappa shape index (κ1) is 18.8. The first-order chi connectivity index (χ1) is 10.8. The molecule has 1 atom stereocenters. The molecule has 0 saturated heterocycles. The summed E-state index contributed by atoms with van der Waals surface area (Å²) >= 11 is 0. The molecule has 1 aromatic carbocycles. The fourth-order valence-electron chi connectivity index (χ4n) is 1.93. The number of hydrogen-bond acceptors (Lipinski definition) is 4. The van der Waals surface area contributed by atoms with Crippen LogP contribution in [-0.2, 0) is 20.7 Å². The molecule has 8 heteroatoms. The van der Waals surface area contributed by atoms with Crippen LogP contribution in [0.1, 0.15) is 18.4 Å². The van der Waals surface area contributed by atoms with Crippen LogP contribution in [-0.4, -0.2) is 38.3 Å². The van der Waals surface area contributed by atoms with Gasteiger partial charge in [0, 0.05) is 12.5 Å². The van der Waals surface area contributed by atoms with Crippen molar-refractivity contribution in [3.63, 3.8) is 0 Å². The average Bonchev–Trinajstić information content (AvgIpc) is 2.51. The number of rotatable bonds is 7. The number of halogens is 3. The van der Waals surface area contributed by atoms with Gasteiger partial charge in [0.25, 0.3) is 0 Å². The van der Waals surface area contributed by atoms with Crippen LogP contribution in [0.3, 0.4) is 0 Å². The summed E-state index contributed by atoms with van der Waals surface area (Å²) in [5, 5.41) is 1.91. The van der Waals surface area contributed by atoms with Crippen LogP contribution in [0.15, 0.2) is 24.3 Å². The molecule has 1 amide bonds. The molecule has 0 aromatic heterocycles. The van der Waals surface area contributed by atoms with Gasteiger partial charge in [-0.15, -0.1) is 0 Å². The van der Waals surface area contributed by atoms with Crippen molar-refractivity contribution in [2.24, 2.45) is 0 Å². The van der Waals surface area contributed by atoms with Crippen molar-refractivity contribution in [1.82, 2.24) is 5.32 Å². The van der Waals surface area contributed by atoms with Crippen molar-refractivity contribution < 1.29 is 32.2 Å². The molecule has 0 spiro atoms. The Kier molecular flexibility index (Phi) is 6.87. The molecule has 1 N–H and O–H groups in total. The Morgan fingerprint density at radius 2 is 1.78 bits per heavy atom. The molecule has 23 heavy (non-hydrogen) atoms. The van der Waals surface area contributed by atoms with E-state index in [4.69, 9.17) is 4.74 Å². The molecular formula is C15H18F3NO4. The molecule has 0 aliphatic heterocycles. The van der Waals surface area contributed by atoms with Crippen LogP contribution < -0.4 is 10.1 Å². The van der Waals surface area contributed by atoms with Crippen LogP contribution in [0.4, 0.5) is 13.2 Å². The summed E-state index contributed by atoms with van der Waals surface area (Å²) in [7, 11) is 2.69. The quantitative estimate of drug-likeness (QED) is 0.777. The molecule has 0 saturated carbocycles. The lowest BCUT2D eigenvalue weighted by molar-refractivity contribution is -0.174. The van der Waals surface area contributed by atoms with Crippen molar-refractivity contribution in [2.75, 3.05) is 14.2 Å². The summed E-state index contributed by atoms with van der Waals surface area (Å²) in [5.41, 5.74) is 0.711. The van der Waals surface area contributed by atoms with E-state index in [1.54, 1.807) is 24.3 Å². The van der Waals surface area contributed by atoms with Gasteiger partial charge >= 0.3 is 18.1 Å². The molecule has 0 bridgehead atoms. The molecule has 0 heterocycles. The summed E-state index contributed by atoms with van der Waals surface area (Å²) in [6, 6.07) is 5.86. The lowest BCUT2D eigenvalue weighted by Gasteiger charge is -2.19. The maximum atomic E-state index is 12.4. The van der Waals surface area contributed by atoms with Crippen LogP contribution in [0.25, 0.3) is 0 Å². The number of ether oxygens (including phenoxy) is 2. The fraction of sp³-hybridized carbons (Fsp3) is 0.467. The summed E-state index contributed by atoms with van der Waals surface area (Å²) in [6.07, 6.45) is -4.86. The molecule has 0 unspecified atom stereocenters. The summed E-state index contributed by atoms with van der Waals surface area (Å²) in [5.74, 6) is -1.97. The second-order valence-corrected chi connectivity index (χ2v) is 4.84. The van der Waals surface area contributed by atoms with Gasteiger partial charge in [-0.25, -0.2) is 0 Å². The Morgan fingerprint density at radius 3 is 2.26 bits per heavy atom. The lowest BCUT2D eigenvalue weighted by atomic mass is 10.0. The molecule has 1 aromatic rings. The Balaban J connectivity index is 2.76. The average molecular weight is 333 g/mol. The van der Waals surface area contributed by atoms with Crippen LogP contribution >= 0.6 is 0 Å². The summed E-state index contributed by atoms with van der Waals surface area (Å²) in [6.45, 7) is 0. The van der Waals surface area contributed by atoms with Gasteiger partial charge in [0.2, 0.25) is 0 Å². The monoisotopic (exact) mass is 333 g/mol. The van der Waals surface area contributed by atoms with Gasteiger partial charge in [0.1, 0.15) is 5.75 Å². The fourth-order valence-corrected chi connectivity index (χ4v) is 1.93. The van der Waals surface area contributed by atoms with E-state index >= 15 is 0 Å². The van der Waals surface area contributed by atoms with E-state index in [-0.39, 0.29) is 19.3 Å². The molecule has 0 aliphatic rings. The number of alkyl halides is 3. The highest BCUT2D eigenvalue weighted by molar-refractivity contribution is 5.82. The van der Waals surface area contributed by atoms with Gasteiger partial charge in [-0.05, 0) is 30.5 Å². The zero-order chi connectivity index (χ0) is 17.5. The van der Waals surface area contributed by atoms with E-state index in [2.05, 4.69) is 4.74 Å². The lowest BCUT2D eigenvalue weighted by Crippen LogP contribution is -2.44. The predicted octanol–water partition coefficient (Wildman–Crippen LogP) is 2.24. The Labute approximate surface area is 131 Å². The molecule has 5 nitrogen and oxygen atoms in total. The number of esters is 1. The van der Waals surface area contributed by atoms with Crippen molar-refractivity contribution >= 4 is 11.9 Å². The molecule has 0 fully saturated rings. The Hall–Kier alpha value is -2.25. The maximum Gasteiger partial charge on any atom is 0.471 e. The second-order valence-electron chi connectivity index (χ2n) is 4.84. The third kappa shape index (κ3) is 6.58. The molecular weight excluding hydrogens is 315 g/mol. The van der Waals surface area contributed by atoms with Crippen molar-refractivity contribution in [3.8, 4) is 5.75 Å². The third-order valence-corrected chi connectivity index (χ3v) is 3.16. The van der Waals surface area contributed by atoms with Gasteiger partial charge < -0.3 is 14.8 Å². The van der Waals surface area contributed by atoms with Crippen LogP contribution in [0, 0.1) is 0 Å². The van der Waals surface area contributed by atoms with E-state index in [1.165, 1.54) is 14.2 Å². The minimum Gasteiger partial charge on any atom is -0.497 e. The number of benzene rings is 1. The van der Waals surface area contributed by atoms with E-state index in [1.807, 2.05) is 5.32 Å². The minimum absolute atomic E-state index is 0.0422. The molecule has 128 valence electrons. The number of hydrogen-bond donors (Lipinski definition) is 1. The van der Waals surface area contributed by atoms with E-state index in [0.717, 1.165) is 0 Å². The zero-order valence-electron chi connectivity index (χ0n) is 12.8. The minimum atomic E-state index is -4.97. The molecule has 0 aliphatic carbocycles. The van der Waals surface area contributed by atoms with E-state index in [0.29, 0.717) is 11.3 Å². The third-order valence-electron chi connectivity index (χ3n) is 3.16. The molecule has 0 radical (unpaired) electrons. The largest absolute Gasteiger partial charge is 0.497 e. The first-order valence-electron chi connectivity index (χ1n) is 6.83. The number of carbonyl (C=O) groups is 2. The smallest absolute Gasteiger partial charge is 0.471 e. The first-order valence-corrected chi connectivity index (χ1v) is 6.83.